The molecule has 2 aromatic carbocycles. The highest BCUT2D eigenvalue weighted by molar-refractivity contribution is 7.89. The molecule has 2 heterocycles. The fourth-order valence-electron chi connectivity index (χ4n) is 3.35. The zero-order valence-electron chi connectivity index (χ0n) is 16.0. The fourth-order valence-corrected chi connectivity index (χ4v) is 5.66. The van der Waals surface area contributed by atoms with Gasteiger partial charge in [0, 0.05) is 49.3 Å². The lowest BCUT2D eigenvalue weighted by molar-refractivity contribution is -0.385. The van der Waals surface area contributed by atoms with Crippen LogP contribution >= 0.6 is 11.3 Å². The van der Waals surface area contributed by atoms with E-state index in [-0.39, 0.29) is 10.6 Å². The van der Waals surface area contributed by atoms with Gasteiger partial charge in [-0.15, -0.1) is 11.3 Å². The molecule has 0 amide bonds. The van der Waals surface area contributed by atoms with Crippen molar-refractivity contribution >= 4 is 27.0 Å². The summed E-state index contributed by atoms with van der Waals surface area (Å²) in [7, 11) is -3.76. The van der Waals surface area contributed by atoms with Crippen molar-refractivity contribution in [1.29, 1.82) is 0 Å². The Hall–Kier alpha value is -2.66. The highest BCUT2D eigenvalue weighted by Gasteiger charge is 2.29. The maximum absolute atomic E-state index is 12.9. The average Bonchev–Trinajstić information content (AvgIpc) is 3.23. The molecule has 0 atom stereocenters. The van der Waals surface area contributed by atoms with E-state index in [0.717, 1.165) is 22.3 Å². The summed E-state index contributed by atoms with van der Waals surface area (Å²) in [6.07, 6.45) is 0. The van der Waals surface area contributed by atoms with Crippen molar-refractivity contribution in [2.75, 3.05) is 26.2 Å². The van der Waals surface area contributed by atoms with Gasteiger partial charge in [-0.3, -0.25) is 15.0 Å². The summed E-state index contributed by atoms with van der Waals surface area (Å²) in [6, 6.07) is 15.2. The van der Waals surface area contributed by atoms with Gasteiger partial charge in [0.05, 0.1) is 22.1 Å². The Morgan fingerprint density at radius 1 is 1.03 bits per heavy atom. The Morgan fingerprint density at radius 3 is 2.47 bits per heavy atom. The molecule has 1 aliphatic heterocycles. The van der Waals surface area contributed by atoms with Crippen molar-refractivity contribution in [2.45, 2.75) is 11.4 Å². The van der Waals surface area contributed by atoms with Crippen molar-refractivity contribution in [1.82, 2.24) is 14.2 Å². The molecule has 0 aliphatic carbocycles. The standard InChI is InChI=1S/C20H20N4O4S2/c25-24(26)17-7-4-8-18(13-17)30(27,28)23-11-9-22(10-12-23)14-20-21-19(15-29-20)16-5-2-1-3-6-16/h1-8,13,15H,9-12,14H2. The lowest BCUT2D eigenvalue weighted by Crippen LogP contribution is -2.48. The molecule has 1 fully saturated rings. The molecule has 1 aliphatic rings. The molecule has 30 heavy (non-hydrogen) atoms. The third kappa shape index (κ3) is 4.41. The second-order valence-electron chi connectivity index (χ2n) is 6.93. The molecule has 4 rings (SSSR count). The highest BCUT2D eigenvalue weighted by atomic mass is 32.2. The summed E-state index contributed by atoms with van der Waals surface area (Å²) >= 11 is 1.60. The fraction of sp³-hybridized carbons (Fsp3) is 0.250. The smallest absolute Gasteiger partial charge is 0.270 e. The monoisotopic (exact) mass is 444 g/mol. The number of rotatable bonds is 6. The van der Waals surface area contributed by atoms with Crippen LogP contribution in [-0.2, 0) is 16.6 Å². The van der Waals surface area contributed by atoms with E-state index in [9.17, 15) is 18.5 Å². The lowest BCUT2D eigenvalue weighted by Gasteiger charge is -2.33. The maximum atomic E-state index is 12.9. The lowest BCUT2D eigenvalue weighted by atomic mass is 10.2. The summed E-state index contributed by atoms with van der Waals surface area (Å²) < 4.78 is 27.1. The quantitative estimate of drug-likeness (QED) is 0.428. The van der Waals surface area contributed by atoms with Crippen LogP contribution in [0.4, 0.5) is 5.69 Å². The molecule has 0 saturated carbocycles. The Kier molecular flexibility index (Phi) is 5.91. The van der Waals surface area contributed by atoms with Gasteiger partial charge < -0.3 is 0 Å². The summed E-state index contributed by atoms with van der Waals surface area (Å²) in [6.45, 7) is 2.49. The summed E-state index contributed by atoms with van der Waals surface area (Å²) in [5.74, 6) is 0. The van der Waals surface area contributed by atoms with E-state index in [1.165, 1.54) is 22.5 Å². The Bertz CT molecular complexity index is 1140. The number of nitrogens with zero attached hydrogens (tertiary/aromatic N) is 4. The van der Waals surface area contributed by atoms with Crippen molar-refractivity contribution in [3.05, 3.63) is 75.1 Å². The largest absolute Gasteiger partial charge is 0.294 e. The molecular weight excluding hydrogens is 424 g/mol. The Morgan fingerprint density at radius 2 is 1.77 bits per heavy atom. The number of nitro groups is 1. The number of sulfonamides is 1. The minimum absolute atomic E-state index is 0.0439. The number of aromatic nitrogens is 1. The predicted molar refractivity (Wildman–Crippen MR) is 115 cm³/mol. The molecule has 10 heteroatoms. The topological polar surface area (TPSA) is 96.6 Å². The summed E-state index contributed by atoms with van der Waals surface area (Å²) in [5, 5.41) is 14.0. The van der Waals surface area contributed by atoms with Crippen molar-refractivity contribution in [2.24, 2.45) is 0 Å². The van der Waals surface area contributed by atoms with Crippen LogP contribution in [0.2, 0.25) is 0 Å². The number of benzene rings is 2. The first-order chi connectivity index (χ1) is 14.4. The van der Waals surface area contributed by atoms with Crippen LogP contribution in [0.3, 0.4) is 0 Å². The van der Waals surface area contributed by atoms with Gasteiger partial charge in [-0.25, -0.2) is 13.4 Å². The van der Waals surface area contributed by atoms with Gasteiger partial charge in [-0.05, 0) is 6.07 Å². The normalized spacial score (nSPS) is 15.9. The first kappa shape index (κ1) is 20.6. The Balaban J connectivity index is 1.39. The molecule has 3 aromatic rings. The van der Waals surface area contributed by atoms with Crippen LogP contribution in [-0.4, -0.2) is 53.7 Å². The molecule has 0 bridgehead atoms. The van der Waals surface area contributed by atoms with Gasteiger partial charge in [0.2, 0.25) is 10.0 Å². The first-order valence-corrected chi connectivity index (χ1v) is 11.7. The van der Waals surface area contributed by atoms with Gasteiger partial charge in [-0.1, -0.05) is 36.4 Å². The van der Waals surface area contributed by atoms with Crippen LogP contribution < -0.4 is 0 Å². The Labute approximate surface area is 178 Å². The van der Waals surface area contributed by atoms with Gasteiger partial charge in [0.1, 0.15) is 5.01 Å². The van der Waals surface area contributed by atoms with Crippen molar-refractivity contribution < 1.29 is 13.3 Å². The zero-order chi connectivity index (χ0) is 21.1. The number of nitro benzene ring substituents is 1. The van der Waals surface area contributed by atoms with Gasteiger partial charge in [0.15, 0.2) is 0 Å². The number of piperazine rings is 1. The molecule has 0 N–H and O–H groups in total. The predicted octanol–water partition coefficient (Wildman–Crippen LogP) is 3.22. The van der Waals surface area contributed by atoms with Gasteiger partial charge in [0.25, 0.3) is 5.69 Å². The summed E-state index contributed by atoms with van der Waals surface area (Å²) in [4.78, 5) is 17.2. The van der Waals surface area contributed by atoms with Crippen LogP contribution in [0.5, 0.6) is 0 Å². The van der Waals surface area contributed by atoms with E-state index in [2.05, 4.69) is 4.90 Å². The highest BCUT2D eigenvalue weighted by Crippen LogP contribution is 2.24. The van der Waals surface area contributed by atoms with Gasteiger partial charge in [-0.2, -0.15) is 4.31 Å². The maximum Gasteiger partial charge on any atom is 0.270 e. The van der Waals surface area contributed by atoms with E-state index < -0.39 is 14.9 Å². The second kappa shape index (κ2) is 8.60. The number of non-ortho nitro benzene ring substituents is 1. The molecule has 1 saturated heterocycles. The van der Waals surface area contributed by atoms with Gasteiger partial charge >= 0.3 is 0 Å². The van der Waals surface area contributed by atoms with E-state index >= 15 is 0 Å². The van der Waals surface area contributed by atoms with E-state index in [1.54, 1.807) is 11.3 Å². The molecular formula is C20H20N4O4S2. The number of thiazole rings is 1. The van der Waals surface area contributed by atoms with Crippen LogP contribution in [0.1, 0.15) is 5.01 Å². The molecule has 8 nitrogen and oxygen atoms in total. The SMILES string of the molecule is O=[N+]([O-])c1cccc(S(=O)(=O)N2CCN(Cc3nc(-c4ccccc4)cs3)CC2)c1. The van der Waals surface area contributed by atoms with Crippen LogP contribution in [0.15, 0.2) is 64.9 Å². The molecule has 1 aromatic heterocycles. The molecule has 0 spiro atoms. The molecule has 156 valence electrons. The minimum atomic E-state index is -3.76. The zero-order valence-corrected chi connectivity index (χ0v) is 17.7. The first-order valence-electron chi connectivity index (χ1n) is 9.40. The van der Waals surface area contributed by atoms with Crippen LogP contribution in [0, 0.1) is 10.1 Å². The minimum Gasteiger partial charge on any atom is -0.294 e. The second-order valence-corrected chi connectivity index (χ2v) is 9.81. The van der Waals surface area contributed by atoms with E-state index in [1.807, 2.05) is 35.7 Å². The van der Waals surface area contributed by atoms with Crippen molar-refractivity contribution in [3.63, 3.8) is 0 Å². The number of hydrogen-bond acceptors (Lipinski definition) is 7. The van der Waals surface area contributed by atoms with Crippen molar-refractivity contribution in [3.8, 4) is 11.3 Å². The van der Waals surface area contributed by atoms with E-state index in [0.29, 0.717) is 32.7 Å². The number of hydrogen-bond donors (Lipinski definition) is 0. The average molecular weight is 445 g/mol. The summed E-state index contributed by atoms with van der Waals surface area (Å²) in [5.41, 5.74) is 1.79. The third-order valence-corrected chi connectivity index (χ3v) is 7.71. The molecule has 0 radical (unpaired) electrons. The van der Waals surface area contributed by atoms with E-state index in [4.69, 9.17) is 4.98 Å². The third-order valence-electron chi connectivity index (χ3n) is 4.98. The van der Waals surface area contributed by atoms with Crippen LogP contribution in [0.25, 0.3) is 11.3 Å². The molecule has 0 unspecified atom stereocenters.